The second-order valence-electron chi connectivity index (χ2n) is 4.80. The Hall–Kier alpha value is -2.00. The molecule has 0 fully saturated rings. The molecule has 0 bridgehead atoms. The molecule has 0 saturated heterocycles. The van der Waals surface area contributed by atoms with Crippen LogP contribution in [0.1, 0.15) is 41.5 Å². The van der Waals surface area contributed by atoms with Crippen molar-refractivity contribution < 1.29 is 0 Å². The minimum Gasteiger partial charge on any atom is -0.0648 e. The molecule has 18 heavy (non-hydrogen) atoms. The maximum atomic E-state index is 3.34. The van der Waals surface area contributed by atoms with Crippen LogP contribution in [0, 0.1) is 11.8 Å². The van der Waals surface area contributed by atoms with Gasteiger partial charge in [-0.1, -0.05) is 55.2 Å². The van der Waals surface area contributed by atoms with E-state index >= 15 is 0 Å². The van der Waals surface area contributed by atoms with Gasteiger partial charge in [0.2, 0.25) is 0 Å². The lowest BCUT2D eigenvalue weighted by atomic mass is 9.84. The van der Waals surface area contributed by atoms with E-state index < -0.39 is 0 Å². The van der Waals surface area contributed by atoms with E-state index in [1.165, 1.54) is 22.3 Å². The Kier molecular flexibility index (Phi) is 2.90. The van der Waals surface area contributed by atoms with E-state index in [9.17, 15) is 0 Å². The fourth-order valence-electron chi connectivity index (χ4n) is 2.66. The number of rotatable bonds is 1. The van der Waals surface area contributed by atoms with Gasteiger partial charge in [-0.15, -0.1) is 0 Å². The highest BCUT2D eigenvalue weighted by molar-refractivity contribution is 5.52. The molecule has 0 amide bonds. The first-order valence-corrected chi connectivity index (χ1v) is 6.57. The first-order chi connectivity index (χ1) is 8.88. The van der Waals surface area contributed by atoms with Crippen LogP contribution in [0.15, 0.2) is 48.5 Å². The minimum atomic E-state index is 0.581. The van der Waals surface area contributed by atoms with Crippen molar-refractivity contribution in [2.24, 2.45) is 0 Å². The van der Waals surface area contributed by atoms with Crippen LogP contribution in [-0.2, 0) is 6.42 Å². The summed E-state index contributed by atoms with van der Waals surface area (Å²) in [4.78, 5) is 0. The van der Waals surface area contributed by atoms with Crippen LogP contribution >= 0.6 is 0 Å². The monoisotopic (exact) mass is 232 g/mol. The molecule has 0 heteroatoms. The lowest BCUT2D eigenvalue weighted by Crippen LogP contribution is -2.07. The Labute approximate surface area is 109 Å². The molecule has 0 saturated carbocycles. The van der Waals surface area contributed by atoms with Crippen LogP contribution in [0.2, 0.25) is 0 Å². The standard InChI is InChI=1S/C18H16/c1-2-14-13-17-9-4-3-7-15(17)11-12-16-8-5-6-10-18(14)16/h3-10,14H,2,13H2,1H3. The molecule has 1 unspecified atom stereocenters. The van der Waals surface area contributed by atoms with Crippen molar-refractivity contribution in [2.45, 2.75) is 25.7 Å². The molecule has 1 aliphatic rings. The quantitative estimate of drug-likeness (QED) is 0.648. The van der Waals surface area contributed by atoms with Crippen molar-refractivity contribution in [3.8, 4) is 11.8 Å². The minimum absolute atomic E-state index is 0.581. The summed E-state index contributed by atoms with van der Waals surface area (Å²) >= 11 is 0. The molecule has 0 N–H and O–H groups in total. The van der Waals surface area contributed by atoms with Gasteiger partial charge in [-0.25, -0.2) is 0 Å². The van der Waals surface area contributed by atoms with Crippen molar-refractivity contribution in [3.63, 3.8) is 0 Å². The van der Waals surface area contributed by atoms with Crippen LogP contribution in [0.5, 0.6) is 0 Å². The van der Waals surface area contributed by atoms with Crippen molar-refractivity contribution in [3.05, 3.63) is 70.8 Å². The maximum Gasteiger partial charge on any atom is 0.0283 e. The summed E-state index contributed by atoms with van der Waals surface area (Å²) < 4.78 is 0. The molecule has 3 rings (SSSR count). The van der Waals surface area contributed by atoms with E-state index in [-0.39, 0.29) is 0 Å². The molecular formula is C18H16. The fourth-order valence-corrected chi connectivity index (χ4v) is 2.66. The average molecular weight is 232 g/mol. The highest BCUT2D eigenvalue weighted by Gasteiger charge is 2.16. The summed E-state index contributed by atoms with van der Waals surface area (Å²) in [6.45, 7) is 2.26. The molecule has 1 aliphatic carbocycles. The van der Waals surface area contributed by atoms with Gasteiger partial charge in [0.05, 0.1) is 0 Å². The van der Waals surface area contributed by atoms with Crippen molar-refractivity contribution in [2.75, 3.05) is 0 Å². The predicted molar refractivity (Wildman–Crippen MR) is 75.6 cm³/mol. The van der Waals surface area contributed by atoms with E-state index in [4.69, 9.17) is 0 Å². The number of hydrogen-bond donors (Lipinski definition) is 0. The Morgan fingerprint density at radius 2 is 1.61 bits per heavy atom. The predicted octanol–water partition coefficient (Wildman–Crippen LogP) is 4.14. The van der Waals surface area contributed by atoms with Crippen LogP contribution < -0.4 is 0 Å². The molecule has 0 heterocycles. The summed E-state index contributed by atoms with van der Waals surface area (Å²) in [7, 11) is 0. The van der Waals surface area contributed by atoms with Gasteiger partial charge in [0.15, 0.2) is 0 Å². The molecule has 0 spiro atoms. The van der Waals surface area contributed by atoms with Crippen LogP contribution in [0.3, 0.4) is 0 Å². The van der Waals surface area contributed by atoms with Crippen molar-refractivity contribution >= 4 is 0 Å². The van der Waals surface area contributed by atoms with E-state index in [1.54, 1.807) is 0 Å². The highest BCUT2D eigenvalue weighted by atomic mass is 14.2. The maximum absolute atomic E-state index is 3.34. The van der Waals surface area contributed by atoms with Gasteiger partial charge >= 0.3 is 0 Å². The van der Waals surface area contributed by atoms with E-state index in [0.717, 1.165) is 12.8 Å². The van der Waals surface area contributed by atoms with Crippen LogP contribution in [0.4, 0.5) is 0 Å². The zero-order chi connectivity index (χ0) is 12.4. The second kappa shape index (κ2) is 4.70. The third-order valence-electron chi connectivity index (χ3n) is 3.71. The molecule has 1 atom stereocenters. The van der Waals surface area contributed by atoms with Crippen molar-refractivity contribution in [1.29, 1.82) is 0 Å². The molecule has 0 nitrogen and oxygen atoms in total. The lowest BCUT2D eigenvalue weighted by Gasteiger charge is -2.19. The summed E-state index contributed by atoms with van der Waals surface area (Å²) in [5.74, 6) is 7.23. The normalized spacial score (nSPS) is 16.6. The van der Waals surface area contributed by atoms with Gasteiger partial charge in [0.1, 0.15) is 0 Å². The Morgan fingerprint density at radius 3 is 2.44 bits per heavy atom. The van der Waals surface area contributed by atoms with Crippen LogP contribution in [0.25, 0.3) is 0 Å². The van der Waals surface area contributed by atoms with Gasteiger partial charge in [-0.05, 0) is 42.0 Å². The largest absolute Gasteiger partial charge is 0.0648 e. The molecule has 2 aromatic rings. The van der Waals surface area contributed by atoms with Gasteiger partial charge in [-0.3, -0.25) is 0 Å². The fraction of sp³-hybridized carbons (Fsp3) is 0.222. The van der Waals surface area contributed by atoms with E-state index in [1.807, 2.05) is 0 Å². The smallest absolute Gasteiger partial charge is 0.0283 e. The third kappa shape index (κ3) is 1.93. The molecule has 0 radical (unpaired) electrons. The van der Waals surface area contributed by atoms with Gasteiger partial charge in [-0.2, -0.15) is 0 Å². The zero-order valence-electron chi connectivity index (χ0n) is 10.6. The second-order valence-corrected chi connectivity index (χ2v) is 4.80. The SMILES string of the molecule is CCC1Cc2ccccc2C#Cc2ccccc21. The zero-order valence-corrected chi connectivity index (χ0v) is 10.6. The molecule has 0 aromatic heterocycles. The summed E-state index contributed by atoms with van der Waals surface area (Å²) in [5.41, 5.74) is 5.16. The highest BCUT2D eigenvalue weighted by Crippen LogP contribution is 2.29. The Bertz CT molecular complexity index is 626. The topological polar surface area (TPSA) is 0 Å². The number of hydrogen-bond acceptors (Lipinski definition) is 0. The average Bonchev–Trinajstić information content (AvgIpc) is 2.41. The molecule has 0 aliphatic heterocycles. The van der Waals surface area contributed by atoms with E-state index in [0.29, 0.717) is 5.92 Å². The first kappa shape index (κ1) is 11.1. The molecular weight excluding hydrogens is 216 g/mol. The Balaban J connectivity index is 2.19. The lowest BCUT2D eigenvalue weighted by molar-refractivity contribution is 0.657. The van der Waals surface area contributed by atoms with Crippen LogP contribution in [-0.4, -0.2) is 0 Å². The third-order valence-corrected chi connectivity index (χ3v) is 3.71. The number of fused-ring (bicyclic) bond motifs is 2. The van der Waals surface area contributed by atoms with E-state index in [2.05, 4.69) is 67.3 Å². The molecule has 88 valence electrons. The first-order valence-electron chi connectivity index (χ1n) is 6.57. The van der Waals surface area contributed by atoms with Gasteiger partial charge in [0, 0.05) is 11.1 Å². The Morgan fingerprint density at radius 1 is 0.944 bits per heavy atom. The summed E-state index contributed by atoms with van der Waals surface area (Å²) in [6.07, 6.45) is 2.26. The van der Waals surface area contributed by atoms with Gasteiger partial charge < -0.3 is 0 Å². The molecule has 2 aromatic carbocycles. The van der Waals surface area contributed by atoms with Gasteiger partial charge in [0.25, 0.3) is 0 Å². The summed E-state index contributed by atoms with van der Waals surface area (Å²) in [6, 6.07) is 17.1. The summed E-state index contributed by atoms with van der Waals surface area (Å²) in [5, 5.41) is 0. The van der Waals surface area contributed by atoms with Crippen molar-refractivity contribution in [1.82, 2.24) is 0 Å². The number of benzene rings is 2.